The topological polar surface area (TPSA) is 33.2 Å². The average molecular weight is 318 g/mol. The molecule has 2 heterocycles. The van der Waals surface area contributed by atoms with Crippen LogP contribution in [0.1, 0.15) is 68.1 Å². The highest BCUT2D eigenvalue weighted by atomic mass is 32.1. The molecule has 3 nitrogen and oxygen atoms in total. The van der Waals surface area contributed by atoms with Gasteiger partial charge >= 0.3 is 0 Å². The van der Waals surface area contributed by atoms with Gasteiger partial charge in [0.2, 0.25) is 5.91 Å². The van der Waals surface area contributed by atoms with Crippen molar-refractivity contribution >= 4 is 17.2 Å². The van der Waals surface area contributed by atoms with Gasteiger partial charge in [-0.05, 0) is 69.6 Å². The number of piperidine rings is 1. The van der Waals surface area contributed by atoms with E-state index in [0.717, 1.165) is 48.3 Å². The minimum atomic E-state index is 0.249. The fraction of sp³-hybridized carbons (Fsp3) is 0.778. The second-order valence-electron chi connectivity index (χ2n) is 7.47. The molecule has 0 radical (unpaired) electrons. The van der Waals surface area contributed by atoms with Crippen LogP contribution in [0.2, 0.25) is 0 Å². The Bertz CT molecular complexity index is 535. The van der Waals surface area contributed by atoms with E-state index in [-0.39, 0.29) is 6.04 Å². The molecule has 22 heavy (non-hydrogen) atoms. The molecule has 0 spiro atoms. The van der Waals surface area contributed by atoms with Crippen LogP contribution < -0.4 is 0 Å². The number of nitrogens with zero attached hydrogens (tertiary/aromatic N) is 2. The van der Waals surface area contributed by atoms with E-state index < -0.39 is 0 Å². The third-order valence-electron chi connectivity index (χ3n) is 5.61. The van der Waals surface area contributed by atoms with Crippen molar-refractivity contribution in [3.63, 3.8) is 0 Å². The van der Waals surface area contributed by atoms with Gasteiger partial charge < -0.3 is 4.90 Å². The van der Waals surface area contributed by atoms with Gasteiger partial charge in [-0.25, -0.2) is 4.98 Å². The van der Waals surface area contributed by atoms with Crippen LogP contribution in [0.15, 0.2) is 5.38 Å². The number of aryl methyl sites for hydroxylation is 1. The van der Waals surface area contributed by atoms with E-state index in [9.17, 15) is 4.79 Å². The summed E-state index contributed by atoms with van der Waals surface area (Å²) in [6, 6.07) is 0.249. The van der Waals surface area contributed by atoms with Crippen LogP contribution in [0.25, 0.3) is 0 Å². The summed E-state index contributed by atoms with van der Waals surface area (Å²) in [5.74, 6) is 2.82. The predicted molar refractivity (Wildman–Crippen MR) is 88.7 cm³/mol. The summed E-state index contributed by atoms with van der Waals surface area (Å²) in [5.41, 5.74) is 1.09. The zero-order valence-electron chi connectivity index (χ0n) is 13.5. The summed E-state index contributed by atoms with van der Waals surface area (Å²) in [6.07, 6.45) is 9.73. The second-order valence-corrected chi connectivity index (χ2v) is 8.36. The quantitative estimate of drug-likeness (QED) is 0.809. The number of hydrogen-bond acceptors (Lipinski definition) is 3. The Balaban J connectivity index is 1.47. The zero-order valence-corrected chi connectivity index (χ0v) is 14.3. The number of carbonyl (C=O) groups excluding carboxylic acids is 1. The van der Waals surface area contributed by atoms with Crippen LogP contribution in [0.3, 0.4) is 0 Å². The van der Waals surface area contributed by atoms with E-state index in [1.807, 2.05) is 6.92 Å². The summed E-state index contributed by atoms with van der Waals surface area (Å²) in [6.45, 7) is 2.98. The largest absolute Gasteiger partial charge is 0.333 e. The molecule has 1 unspecified atom stereocenters. The first-order valence-electron chi connectivity index (χ1n) is 8.94. The summed E-state index contributed by atoms with van der Waals surface area (Å²) in [7, 11) is 0. The number of amides is 1. The van der Waals surface area contributed by atoms with E-state index in [2.05, 4.69) is 15.3 Å². The fourth-order valence-electron chi connectivity index (χ4n) is 4.10. The van der Waals surface area contributed by atoms with Gasteiger partial charge in [0.15, 0.2) is 0 Å². The molecule has 4 rings (SSSR count). The maximum Gasteiger partial charge on any atom is 0.223 e. The molecule has 1 atom stereocenters. The molecule has 3 aliphatic rings. The highest BCUT2D eigenvalue weighted by molar-refractivity contribution is 7.09. The first kappa shape index (κ1) is 14.7. The average Bonchev–Trinajstić information content (AvgIpc) is 3.44. The number of carbonyl (C=O) groups is 1. The van der Waals surface area contributed by atoms with Gasteiger partial charge in [0, 0.05) is 24.0 Å². The maximum absolute atomic E-state index is 13.0. The van der Waals surface area contributed by atoms with Crippen molar-refractivity contribution in [2.24, 2.45) is 17.8 Å². The molecule has 1 saturated heterocycles. The molecule has 3 fully saturated rings. The Morgan fingerprint density at radius 1 is 1.27 bits per heavy atom. The third-order valence-corrected chi connectivity index (χ3v) is 6.67. The third kappa shape index (κ3) is 3.08. The number of aromatic nitrogens is 1. The van der Waals surface area contributed by atoms with Crippen LogP contribution in [-0.4, -0.2) is 22.3 Å². The second kappa shape index (κ2) is 5.95. The van der Waals surface area contributed by atoms with Crippen molar-refractivity contribution in [2.45, 2.75) is 64.3 Å². The molecule has 0 N–H and O–H groups in total. The van der Waals surface area contributed by atoms with Crippen molar-refractivity contribution in [1.29, 1.82) is 0 Å². The summed E-state index contributed by atoms with van der Waals surface area (Å²) >= 11 is 1.73. The minimum absolute atomic E-state index is 0.249. The smallest absolute Gasteiger partial charge is 0.223 e. The summed E-state index contributed by atoms with van der Waals surface area (Å²) in [4.78, 5) is 19.8. The van der Waals surface area contributed by atoms with Crippen molar-refractivity contribution in [3.05, 3.63) is 16.1 Å². The molecular weight excluding hydrogens is 292 g/mol. The van der Waals surface area contributed by atoms with E-state index >= 15 is 0 Å². The van der Waals surface area contributed by atoms with E-state index in [4.69, 9.17) is 0 Å². The van der Waals surface area contributed by atoms with Crippen molar-refractivity contribution < 1.29 is 4.79 Å². The molecule has 1 amide bonds. The molecule has 1 aliphatic heterocycles. The maximum atomic E-state index is 13.0. The molecular formula is C18H26N2OS. The van der Waals surface area contributed by atoms with Crippen LogP contribution >= 0.6 is 11.3 Å². The predicted octanol–water partition coefficient (Wildman–Crippen LogP) is 4.33. The van der Waals surface area contributed by atoms with Crippen LogP contribution in [0, 0.1) is 24.7 Å². The van der Waals surface area contributed by atoms with Gasteiger partial charge in [0.1, 0.15) is 5.01 Å². The monoisotopic (exact) mass is 318 g/mol. The summed E-state index contributed by atoms with van der Waals surface area (Å²) < 4.78 is 0. The number of thiazole rings is 1. The fourth-order valence-corrected chi connectivity index (χ4v) is 5.04. The van der Waals surface area contributed by atoms with E-state index in [1.54, 1.807) is 11.3 Å². The molecule has 120 valence electrons. The molecule has 0 bridgehead atoms. The van der Waals surface area contributed by atoms with Crippen molar-refractivity contribution in [3.8, 4) is 0 Å². The molecule has 4 heteroatoms. The van der Waals surface area contributed by atoms with Gasteiger partial charge in [-0.15, -0.1) is 11.3 Å². The minimum Gasteiger partial charge on any atom is -0.333 e. The van der Waals surface area contributed by atoms with E-state index in [1.165, 1.54) is 32.1 Å². The Morgan fingerprint density at radius 3 is 2.59 bits per heavy atom. The first-order chi connectivity index (χ1) is 10.7. The number of rotatable bonds is 5. The van der Waals surface area contributed by atoms with Crippen molar-refractivity contribution in [2.75, 3.05) is 6.54 Å². The highest BCUT2D eigenvalue weighted by Gasteiger charge is 2.43. The van der Waals surface area contributed by atoms with Crippen LogP contribution in [-0.2, 0) is 4.79 Å². The van der Waals surface area contributed by atoms with Crippen LogP contribution in [0.4, 0.5) is 0 Å². The normalized spacial score (nSPS) is 25.7. The zero-order chi connectivity index (χ0) is 15.1. The molecule has 2 saturated carbocycles. The lowest BCUT2D eigenvalue weighted by molar-refractivity contribution is -0.136. The lowest BCUT2D eigenvalue weighted by Crippen LogP contribution is -2.39. The van der Waals surface area contributed by atoms with Gasteiger partial charge in [-0.1, -0.05) is 0 Å². The Labute approximate surface area is 137 Å². The first-order valence-corrected chi connectivity index (χ1v) is 9.82. The summed E-state index contributed by atoms with van der Waals surface area (Å²) in [5, 5.41) is 3.27. The molecule has 1 aromatic heterocycles. The van der Waals surface area contributed by atoms with Crippen molar-refractivity contribution in [1.82, 2.24) is 9.88 Å². The molecule has 2 aliphatic carbocycles. The van der Waals surface area contributed by atoms with Gasteiger partial charge in [-0.3, -0.25) is 4.79 Å². The highest BCUT2D eigenvalue weighted by Crippen LogP contribution is 2.51. The van der Waals surface area contributed by atoms with Crippen LogP contribution in [0.5, 0.6) is 0 Å². The van der Waals surface area contributed by atoms with Gasteiger partial charge in [0.25, 0.3) is 0 Å². The SMILES string of the molecule is Cc1csc(C2CCCCN2C(=O)CC(C2CC2)C2CC2)n1. The lowest BCUT2D eigenvalue weighted by Gasteiger charge is -2.35. The molecule has 1 aromatic rings. The van der Waals surface area contributed by atoms with E-state index in [0.29, 0.717) is 11.8 Å². The molecule has 0 aromatic carbocycles. The number of likely N-dealkylation sites (tertiary alicyclic amines) is 1. The Morgan fingerprint density at radius 2 is 2.00 bits per heavy atom. The lowest BCUT2D eigenvalue weighted by atomic mass is 9.92. The standard InChI is InChI=1S/C18H26N2OS/c1-12-11-22-18(19-12)16-4-2-3-9-20(16)17(21)10-15(13-5-6-13)14-7-8-14/h11,13-16H,2-10H2,1H3. The Hall–Kier alpha value is -0.900. The number of hydrogen-bond donors (Lipinski definition) is 0. The van der Waals surface area contributed by atoms with Gasteiger partial charge in [0.05, 0.1) is 6.04 Å². The van der Waals surface area contributed by atoms with Gasteiger partial charge in [-0.2, -0.15) is 0 Å². The Kier molecular flexibility index (Phi) is 3.97.